The molecule has 1 nitrogen and oxygen atoms in total. The van der Waals surface area contributed by atoms with Gasteiger partial charge in [-0.05, 0) is 28.1 Å². The molecule has 0 N–H and O–H groups in total. The molecule has 0 atom stereocenters. The zero-order valence-electron chi connectivity index (χ0n) is 5.32. The Balaban J connectivity index is 3.07. The van der Waals surface area contributed by atoms with Gasteiger partial charge in [-0.15, -0.1) is 0 Å². The summed E-state index contributed by atoms with van der Waals surface area (Å²) in [6, 6.07) is 5.17. The van der Waals surface area contributed by atoms with Crippen LogP contribution in [-0.2, 0) is 0 Å². The van der Waals surface area contributed by atoms with Crippen molar-refractivity contribution in [2.75, 3.05) is 7.11 Å². The Morgan fingerprint density at radius 2 is 2.40 bits per heavy atom. The maximum absolute atomic E-state index is 12.4. The Bertz CT molecular complexity index is 237. The summed E-state index contributed by atoms with van der Waals surface area (Å²) in [6.45, 7) is 0. The highest BCUT2D eigenvalue weighted by Gasteiger charge is 1.99. The number of benzene rings is 1. The van der Waals surface area contributed by atoms with Gasteiger partial charge in [-0.25, -0.2) is 4.39 Å². The third-order valence-electron chi connectivity index (χ3n) is 1.03. The summed E-state index contributed by atoms with van der Waals surface area (Å²) < 4.78 is 17.8. The molecule has 1 rings (SSSR count). The Kier molecular flexibility index (Phi) is 2.27. The maximum Gasteiger partial charge on any atom is 0.141 e. The fourth-order valence-corrected chi connectivity index (χ4v) is 1.08. The van der Waals surface area contributed by atoms with Crippen LogP contribution in [-0.4, -0.2) is 7.11 Å². The number of hydrogen-bond donors (Lipinski definition) is 0. The molecule has 3 heteroatoms. The van der Waals surface area contributed by atoms with Gasteiger partial charge in [0.25, 0.3) is 0 Å². The lowest BCUT2D eigenvalue weighted by molar-refractivity contribution is 0.410. The fourth-order valence-electron chi connectivity index (χ4n) is 0.588. The van der Waals surface area contributed by atoms with Gasteiger partial charge in [0.05, 0.1) is 11.6 Å². The van der Waals surface area contributed by atoms with E-state index >= 15 is 0 Å². The zero-order valence-corrected chi connectivity index (χ0v) is 6.90. The van der Waals surface area contributed by atoms with Gasteiger partial charge in [-0.1, -0.05) is 0 Å². The van der Waals surface area contributed by atoms with Gasteiger partial charge < -0.3 is 4.74 Å². The summed E-state index contributed by atoms with van der Waals surface area (Å²) in [5, 5.41) is 0. The predicted molar refractivity (Wildman–Crippen MR) is 39.5 cm³/mol. The topological polar surface area (TPSA) is 9.23 Å². The minimum atomic E-state index is -0.326. The first-order valence-corrected chi connectivity index (χ1v) is 3.44. The van der Waals surface area contributed by atoms with E-state index in [4.69, 9.17) is 4.74 Å². The molecule has 1 radical (unpaired) electrons. The van der Waals surface area contributed by atoms with E-state index in [1.807, 2.05) is 0 Å². The number of methoxy groups -OCH3 is 1. The molecule has 0 aliphatic carbocycles. The Labute approximate surface area is 66.9 Å². The van der Waals surface area contributed by atoms with Crippen molar-refractivity contribution in [1.29, 1.82) is 0 Å². The van der Waals surface area contributed by atoms with Crippen LogP contribution in [0.2, 0.25) is 0 Å². The number of ether oxygens (including phenoxy) is 1. The second-order valence-electron chi connectivity index (χ2n) is 1.70. The Morgan fingerprint density at radius 1 is 1.70 bits per heavy atom. The molecule has 0 saturated carbocycles. The first-order valence-electron chi connectivity index (χ1n) is 2.65. The van der Waals surface area contributed by atoms with E-state index < -0.39 is 0 Å². The van der Waals surface area contributed by atoms with E-state index in [-0.39, 0.29) is 5.82 Å². The van der Waals surface area contributed by atoms with Crippen molar-refractivity contribution in [3.63, 3.8) is 0 Å². The van der Waals surface area contributed by atoms with Crippen molar-refractivity contribution in [3.8, 4) is 5.75 Å². The first kappa shape index (κ1) is 7.54. The standard InChI is InChI=1S/C7H5BrFO/c1-10-7-3-2-5(9)4-6(7)8/h2,4H,1H3. The van der Waals surface area contributed by atoms with Crippen LogP contribution in [0.15, 0.2) is 16.6 Å². The molecule has 0 aromatic heterocycles. The summed E-state index contributed by atoms with van der Waals surface area (Å²) in [6.07, 6.45) is 0. The van der Waals surface area contributed by atoms with Crippen LogP contribution in [0.4, 0.5) is 4.39 Å². The smallest absolute Gasteiger partial charge is 0.141 e. The lowest BCUT2D eigenvalue weighted by Crippen LogP contribution is -1.84. The highest BCUT2D eigenvalue weighted by molar-refractivity contribution is 9.10. The van der Waals surface area contributed by atoms with Crippen LogP contribution in [0.1, 0.15) is 0 Å². The average molecular weight is 204 g/mol. The van der Waals surface area contributed by atoms with Crippen LogP contribution in [0.5, 0.6) is 5.75 Å². The van der Waals surface area contributed by atoms with Gasteiger partial charge in [0.1, 0.15) is 11.6 Å². The van der Waals surface area contributed by atoms with Crippen molar-refractivity contribution >= 4 is 15.9 Å². The molecule has 53 valence electrons. The minimum absolute atomic E-state index is 0.326. The molecule has 0 aliphatic heterocycles. The molecule has 0 bridgehead atoms. The van der Waals surface area contributed by atoms with Crippen LogP contribution in [0.3, 0.4) is 0 Å². The van der Waals surface area contributed by atoms with Crippen molar-refractivity contribution in [2.24, 2.45) is 0 Å². The SMILES string of the molecule is COc1[c]cc(F)cc1Br. The van der Waals surface area contributed by atoms with Gasteiger partial charge in [0, 0.05) is 6.07 Å². The minimum Gasteiger partial charge on any atom is -0.495 e. The van der Waals surface area contributed by atoms with Gasteiger partial charge in [0.2, 0.25) is 0 Å². The molecule has 0 amide bonds. The van der Waals surface area contributed by atoms with Crippen molar-refractivity contribution in [2.45, 2.75) is 0 Å². The third-order valence-corrected chi connectivity index (χ3v) is 1.62. The first-order chi connectivity index (χ1) is 4.74. The lowest BCUT2D eigenvalue weighted by Gasteiger charge is -1.99. The monoisotopic (exact) mass is 203 g/mol. The van der Waals surface area contributed by atoms with Gasteiger partial charge >= 0.3 is 0 Å². The van der Waals surface area contributed by atoms with E-state index in [9.17, 15) is 4.39 Å². The quantitative estimate of drug-likeness (QED) is 0.682. The van der Waals surface area contributed by atoms with Gasteiger partial charge in [-0.2, -0.15) is 0 Å². The van der Waals surface area contributed by atoms with E-state index in [0.717, 1.165) is 0 Å². The molecule has 0 heterocycles. The fraction of sp³-hybridized carbons (Fsp3) is 0.143. The summed E-state index contributed by atoms with van der Waals surface area (Å²) in [5.41, 5.74) is 0. The van der Waals surface area contributed by atoms with Crippen molar-refractivity contribution < 1.29 is 9.13 Å². The lowest BCUT2D eigenvalue weighted by atomic mass is 10.3. The second kappa shape index (κ2) is 3.01. The third kappa shape index (κ3) is 1.48. The van der Waals surface area contributed by atoms with Crippen molar-refractivity contribution in [3.05, 3.63) is 28.5 Å². The zero-order chi connectivity index (χ0) is 7.56. The molecular weight excluding hydrogens is 199 g/mol. The average Bonchev–Trinajstić information content (AvgIpc) is 1.88. The highest BCUT2D eigenvalue weighted by Crippen LogP contribution is 2.23. The summed E-state index contributed by atoms with van der Waals surface area (Å²) in [7, 11) is 1.51. The van der Waals surface area contributed by atoms with Crippen LogP contribution >= 0.6 is 15.9 Å². The largest absolute Gasteiger partial charge is 0.495 e. The van der Waals surface area contributed by atoms with Crippen LogP contribution in [0.25, 0.3) is 0 Å². The molecule has 1 aromatic carbocycles. The van der Waals surface area contributed by atoms with Gasteiger partial charge in [-0.3, -0.25) is 0 Å². The molecule has 0 unspecified atom stereocenters. The van der Waals surface area contributed by atoms with Crippen LogP contribution in [0, 0.1) is 11.9 Å². The summed E-state index contributed by atoms with van der Waals surface area (Å²) in [5.74, 6) is 0.189. The second-order valence-corrected chi connectivity index (χ2v) is 2.55. The van der Waals surface area contributed by atoms with E-state index in [1.165, 1.54) is 19.2 Å². The number of halogens is 2. The predicted octanol–water partition coefficient (Wildman–Crippen LogP) is 2.40. The molecule has 0 spiro atoms. The van der Waals surface area contributed by atoms with E-state index in [0.29, 0.717) is 10.2 Å². The molecule has 0 saturated heterocycles. The molecule has 0 fully saturated rings. The highest BCUT2D eigenvalue weighted by atomic mass is 79.9. The Hall–Kier alpha value is -0.570. The molecule has 10 heavy (non-hydrogen) atoms. The number of rotatable bonds is 1. The maximum atomic E-state index is 12.4. The normalized spacial score (nSPS) is 9.50. The summed E-state index contributed by atoms with van der Waals surface area (Å²) >= 11 is 3.11. The van der Waals surface area contributed by atoms with Crippen LogP contribution < -0.4 is 4.74 Å². The van der Waals surface area contributed by atoms with E-state index in [2.05, 4.69) is 22.0 Å². The molecule has 0 aliphatic rings. The Morgan fingerprint density at radius 3 is 2.90 bits per heavy atom. The summed E-state index contributed by atoms with van der Waals surface area (Å²) in [4.78, 5) is 0. The number of hydrogen-bond acceptors (Lipinski definition) is 1. The molecule has 1 aromatic rings. The van der Waals surface area contributed by atoms with Crippen molar-refractivity contribution in [1.82, 2.24) is 0 Å². The molecular formula is C7H5BrFO. The van der Waals surface area contributed by atoms with Gasteiger partial charge in [0.15, 0.2) is 0 Å². The van der Waals surface area contributed by atoms with E-state index in [1.54, 1.807) is 0 Å².